The molecule has 1 heterocycles. The number of rotatable bonds is 4. The van der Waals surface area contributed by atoms with E-state index in [4.69, 9.17) is 23.2 Å². The summed E-state index contributed by atoms with van der Waals surface area (Å²) in [5, 5.41) is 6.13. The third-order valence-electron chi connectivity index (χ3n) is 3.84. The highest BCUT2D eigenvalue weighted by molar-refractivity contribution is 6.42. The van der Waals surface area contributed by atoms with Crippen LogP contribution in [0.4, 0.5) is 4.79 Å². The van der Waals surface area contributed by atoms with E-state index in [0.29, 0.717) is 40.0 Å². The predicted molar refractivity (Wildman–Crippen MR) is 91.5 cm³/mol. The zero-order chi connectivity index (χ0) is 17.1. The molecule has 2 N–H and O–H groups in total. The number of hydrogen-bond acceptors (Lipinski definition) is 2. The summed E-state index contributed by atoms with van der Waals surface area (Å²) in [7, 11) is 0. The molecule has 23 heavy (non-hydrogen) atoms. The lowest BCUT2D eigenvalue weighted by Crippen LogP contribution is -2.47. The number of benzene rings is 1. The molecule has 0 spiro atoms. The van der Waals surface area contributed by atoms with Crippen LogP contribution in [0.1, 0.15) is 32.4 Å². The van der Waals surface area contributed by atoms with Gasteiger partial charge < -0.3 is 15.5 Å². The second kappa shape index (κ2) is 7.23. The van der Waals surface area contributed by atoms with Gasteiger partial charge in [-0.1, -0.05) is 35.3 Å². The van der Waals surface area contributed by atoms with E-state index in [0.717, 1.165) is 0 Å². The van der Waals surface area contributed by atoms with Gasteiger partial charge in [-0.05, 0) is 32.4 Å². The number of nitrogens with one attached hydrogen (secondary N) is 2. The molecule has 0 aromatic heterocycles. The molecular formula is C16H19Cl2N3O2. The number of nitrogens with zero attached hydrogens (tertiary/aromatic N) is 1. The minimum Gasteiger partial charge on any atom is -0.339 e. The van der Waals surface area contributed by atoms with Gasteiger partial charge >= 0.3 is 6.03 Å². The highest BCUT2D eigenvalue weighted by atomic mass is 35.5. The molecular weight excluding hydrogens is 337 g/mol. The summed E-state index contributed by atoms with van der Waals surface area (Å²) in [6.45, 7) is 6.69. The minimum atomic E-state index is -0.636. The van der Waals surface area contributed by atoms with Gasteiger partial charge in [0.2, 0.25) is 0 Å². The summed E-state index contributed by atoms with van der Waals surface area (Å²) in [6.07, 6.45) is 0. The molecule has 0 saturated heterocycles. The van der Waals surface area contributed by atoms with Crippen molar-refractivity contribution in [2.24, 2.45) is 0 Å². The molecule has 0 fully saturated rings. The molecule has 1 aliphatic rings. The van der Waals surface area contributed by atoms with E-state index in [1.807, 2.05) is 13.8 Å². The third kappa shape index (κ3) is 3.46. The maximum absolute atomic E-state index is 12.9. The number of amides is 3. The van der Waals surface area contributed by atoms with Gasteiger partial charge in [0.25, 0.3) is 5.91 Å². The van der Waals surface area contributed by atoms with Crippen LogP contribution in [-0.2, 0) is 4.79 Å². The van der Waals surface area contributed by atoms with Crippen LogP contribution in [0.15, 0.2) is 29.5 Å². The summed E-state index contributed by atoms with van der Waals surface area (Å²) in [5.41, 5.74) is 1.59. The largest absolute Gasteiger partial charge is 0.339 e. The van der Waals surface area contributed by atoms with Crippen LogP contribution in [0.5, 0.6) is 0 Å². The summed E-state index contributed by atoms with van der Waals surface area (Å²) in [5.74, 6) is -0.138. The highest BCUT2D eigenvalue weighted by Crippen LogP contribution is 2.35. The van der Waals surface area contributed by atoms with Crippen molar-refractivity contribution in [3.63, 3.8) is 0 Å². The number of carbonyl (C=O) groups excluding carboxylic acids is 2. The predicted octanol–water partition coefficient (Wildman–Crippen LogP) is 3.49. The number of allylic oxidation sites excluding steroid dienone is 1. The summed E-state index contributed by atoms with van der Waals surface area (Å²) >= 11 is 12.4. The van der Waals surface area contributed by atoms with Crippen LogP contribution in [0.25, 0.3) is 0 Å². The SMILES string of the molecule is CCN(CC)C(=O)C1=C(C)NC(=O)N[C@H]1c1cccc(Cl)c1Cl. The van der Waals surface area contributed by atoms with E-state index in [-0.39, 0.29) is 11.9 Å². The minimum absolute atomic E-state index is 0.138. The maximum Gasteiger partial charge on any atom is 0.319 e. The molecule has 1 aromatic rings. The Bertz CT molecular complexity index is 669. The van der Waals surface area contributed by atoms with Gasteiger partial charge in [-0.25, -0.2) is 4.79 Å². The van der Waals surface area contributed by atoms with E-state index in [1.165, 1.54) is 0 Å². The fraction of sp³-hybridized carbons (Fsp3) is 0.375. The summed E-state index contributed by atoms with van der Waals surface area (Å²) in [6, 6.07) is 4.15. The molecule has 5 nitrogen and oxygen atoms in total. The molecule has 1 atom stereocenters. The zero-order valence-electron chi connectivity index (χ0n) is 13.2. The fourth-order valence-electron chi connectivity index (χ4n) is 2.64. The lowest BCUT2D eigenvalue weighted by atomic mass is 9.94. The van der Waals surface area contributed by atoms with Gasteiger partial charge in [0.05, 0.1) is 21.7 Å². The van der Waals surface area contributed by atoms with Gasteiger partial charge in [-0.2, -0.15) is 0 Å². The monoisotopic (exact) mass is 355 g/mol. The normalized spacial score (nSPS) is 17.6. The highest BCUT2D eigenvalue weighted by Gasteiger charge is 2.34. The Balaban J connectivity index is 2.55. The first-order valence-electron chi connectivity index (χ1n) is 7.42. The van der Waals surface area contributed by atoms with Crippen molar-refractivity contribution < 1.29 is 9.59 Å². The molecule has 0 bridgehead atoms. The lowest BCUT2D eigenvalue weighted by Gasteiger charge is -2.32. The topological polar surface area (TPSA) is 61.4 Å². The first-order chi connectivity index (χ1) is 10.9. The Morgan fingerprint density at radius 1 is 1.26 bits per heavy atom. The summed E-state index contributed by atoms with van der Waals surface area (Å²) < 4.78 is 0. The lowest BCUT2D eigenvalue weighted by molar-refractivity contribution is -0.127. The second-order valence-electron chi connectivity index (χ2n) is 5.19. The molecule has 1 aromatic carbocycles. The van der Waals surface area contributed by atoms with E-state index >= 15 is 0 Å². The maximum atomic E-state index is 12.9. The number of likely N-dealkylation sites (N-methyl/N-ethyl adjacent to an activating group) is 1. The van der Waals surface area contributed by atoms with Crippen LogP contribution >= 0.6 is 23.2 Å². The van der Waals surface area contributed by atoms with Crippen LogP contribution in [0.3, 0.4) is 0 Å². The third-order valence-corrected chi connectivity index (χ3v) is 4.68. The first kappa shape index (κ1) is 17.6. The van der Waals surface area contributed by atoms with Crippen LogP contribution in [0, 0.1) is 0 Å². The van der Waals surface area contributed by atoms with E-state index in [9.17, 15) is 9.59 Å². The second-order valence-corrected chi connectivity index (χ2v) is 5.98. The zero-order valence-corrected chi connectivity index (χ0v) is 14.8. The standard InChI is InChI=1S/C16H19Cl2N3O2/c1-4-21(5-2)15(22)12-9(3)19-16(23)20-14(12)10-7-6-8-11(17)13(10)18/h6-8,14H,4-5H2,1-3H3,(H2,19,20,23)/t14-/m0/s1. The van der Waals surface area contributed by atoms with Crippen LogP contribution in [-0.4, -0.2) is 29.9 Å². The van der Waals surface area contributed by atoms with E-state index in [1.54, 1.807) is 30.0 Å². The van der Waals surface area contributed by atoms with Gasteiger partial charge in [0.1, 0.15) is 0 Å². The molecule has 1 aliphatic heterocycles. The Kier molecular flexibility index (Phi) is 5.55. The average molecular weight is 356 g/mol. The Labute approximate surface area is 145 Å². The number of halogens is 2. The van der Waals surface area contributed by atoms with Gasteiger partial charge in [0, 0.05) is 18.8 Å². The molecule has 3 amide bonds. The molecule has 0 unspecified atom stereocenters. The number of carbonyl (C=O) groups is 2. The van der Waals surface area contributed by atoms with Crippen molar-refractivity contribution in [2.75, 3.05) is 13.1 Å². The molecule has 2 rings (SSSR count). The van der Waals surface area contributed by atoms with E-state index in [2.05, 4.69) is 10.6 Å². The average Bonchev–Trinajstić information content (AvgIpc) is 2.50. The Morgan fingerprint density at radius 3 is 2.52 bits per heavy atom. The Morgan fingerprint density at radius 2 is 1.91 bits per heavy atom. The van der Waals surface area contributed by atoms with Crippen molar-refractivity contribution in [3.05, 3.63) is 45.1 Å². The number of urea groups is 1. The summed E-state index contributed by atoms with van der Waals surface area (Å²) in [4.78, 5) is 26.4. The van der Waals surface area contributed by atoms with Gasteiger partial charge in [0.15, 0.2) is 0 Å². The molecule has 0 radical (unpaired) electrons. The van der Waals surface area contributed by atoms with E-state index < -0.39 is 6.04 Å². The van der Waals surface area contributed by atoms with Crippen molar-refractivity contribution in [1.82, 2.24) is 15.5 Å². The number of hydrogen-bond donors (Lipinski definition) is 2. The quantitative estimate of drug-likeness (QED) is 0.868. The van der Waals surface area contributed by atoms with Crippen molar-refractivity contribution in [1.29, 1.82) is 0 Å². The van der Waals surface area contributed by atoms with Crippen molar-refractivity contribution >= 4 is 35.1 Å². The molecule has 7 heteroatoms. The van der Waals surface area contributed by atoms with Gasteiger partial charge in [-0.15, -0.1) is 0 Å². The smallest absolute Gasteiger partial charge is 0.319 e. The molecule has 0 aliphatic carbocycles. The van der Waals surface area contributed by atoms with Crippen molar-refractivity contribution in [2.45, 2.75) is 26.8 Å². The Hall–Kier alpha value is -1.72. The van der Waals surface area contributed by atoms with Crippen LogP contribution < -0.4 is 10.6 Å². The fourth-order valence-corrected chi connectivity index (χ4v) is 3.05. The first-order valence-corrected chi connectivity index (χ1v) is 8.17. The van der Waals surface area contributed by atoms with Crippen molar-refractivity contribution in [3.8, 4) is 0 Å². The molecule has 124 valence electrons. The van der Waals surface area contributed by atoms with Gasteiger partial charge in [-0.3, -0.25) is 4.79 Å². The molecule has 0 saturated carbocycles. The van der Waals surface area contributed by atoms with Crippen LogP contribution in [0.2, 0.25) is 10.0 Å².